The summed E-state index contributed by atoms with van der Waals surface area (Å²) >= 11 is 3.17. The first-order valence-corrected chi connectivity index (χ1v) is 13.1. The number of amides is 1. The van der Waals surface area contributed by atoms with Gasteiger partial charge in [-0.2, -0.15) is 9.97 Å². The minimum atomic E-state index is -2.78. The van der Waals surface area contributed by atoms with Crippen LogP contribution in [0, 0.1) is 0 Å². The molecule has 36 heavy (non-hydrogen) atoms. The number of halogens is 3. The van der Waals surface area contributed by atoms with E-state index in [4.69, 9.17) is 9.47 Å². The van der Waals surface area contributed by atoms with Gasteiger partial charge >= 0.3 is 0 Å². The van der Waals surface area contributed by atoms with E-state index >= 15 is 0 Å². The summed E-state index contributed by atoms with van der Waals surface area (Å²) in [6, 6.07) is 8.71. The van der Waals surface area contributed by atoms with Crippen LogP contribution in [0.1, 0.15) is 37.9 Å². The number of aromatic nitrogens is 4. The van der Waals surface area contributed by atoms with Gasteiger partial charge in [0.2, 0.25) is 17.7 Å². The Morgan fingerprint density at radius 3 is 2.61 bits per heavy atom. The molecule has 9 nitrogen and oxygen atoms in total. The van der Waals surface area contributed by atoms with Gasteiger partial charge in [-0.25, -0.2) is 13.8 Å². The molecule has 1 aromatic carbocycles. The molecule has 0 unspecified atom stereocenters. The Labute approximate surface area is 215 Å². The third-order valence-corrected chi connectivity index (χ3v) is 6.94. The highest BCUT2D eigenvalue weighted by molar-refractivity contribution is 9.09. The lowest BCUT2D eigenvalue weighted by Crippen LogP contribution is -2.40. The number of benzene rings is 1. The van der Waals surface area contributed by atoms with Crippen molar-refractivity contribution in [2.75, 3.05) is 36.5 Å². The van der Waals surface area contributed by atoms with Crippen molar-refractivity contribution in [2.45, 2.75) is 44.3 Å². The number of morpholine rings is 1. The van der Waals surface area contributed by atoms with Crippen LogP contribution in [0.15, 0.2) is 30.3 Å². The monoisotopic (exact) mass is 564 g/mol. The minimum absolute atomic E-state index is 0.0302. The number of rotatable bonds is 7. The number of ether oxygens (including phenoxy) is 2. The van der Waals surface area contributed by atoms with Gasteiger partial charge in [0, 0.05) is 25.2 Å². The molecule has 0 atom stereocenters. The van der Waals surface area contributed by atoms with Crippen LogP contribution in [-0.2, 0) is 9.53 Å². The van der Waals surface area contributed by atoms with Crippen molar-refractivity contribution in [3.8, 4) is 11.7 Å². The molecule has 3 heterocycles. The van der Waals surface area contributed by atoms with Gasteiger partial charge in [0.25, 0.3) is 6.43 Å². The first kappa shape index (κ1) is 24.8. The molecular weight excluding hydrogens is 538 g/mol. The minimum Gasteiger partial charge on any atom is -0.474 e. The Morgan fingerprint density at radius 1 is 1.14 bits per heavy atom. The Bertz CT molecular complexity index is 1210. The Kier molecular flexibility index (Phi) is 7.61. The second kappa shape index (κ2) is 11.0. The molecule has 0 bridgehead atoms. The van der Waals surface area contributed by atoms with Gasteiger partial charge in [-0.05, 0) is 37.8 Å². The lowest BCUT2D eigenvalue weighted by molar-refractivity contribution is -0.119. The molecule has 1 N–H and O–H groups in total. The summed E-state index contributed by atoms with van der Waals surface area (Å²) in [5.74, 6) is 0.604. The highest BCUT2D eigenvalue weighted by Crippen LogP contribution is 2.31. The zero-order valence-corrected chi connectivity index (χ0v) is 21.2. The molecule has 2 fully saturated rings. The quantitative estimate of drug-likeness (QED) is 0.436. The Morgan fingerprint density at radius 2 is 1.89 bits per heavy atom. The van der Waals surface area contributed by atoms with Crippen LogP contribution in [-0.4, -0.2) is 69.2 Å². The lowest BCUT2D eigenvalue weighted by Gasteiger charge is -2.30. The van der Waals surface area contributed by atoms with Crippen LogP contribution in [0.25, 0.3) is 16.9 Å². The van der Waals surface area contributed by atoms with Gasteiger partial charge in [-0.1, -0.05) is 28.1 Å². The number of anilines is 1. The van der Waals surface area contributed by atoms with Crippen LogP contribution in [0.3, 0.4) is 0 Å². The number of hydrogen-bond donors (Lipinski definition) is 1. The van der Waals surface area contributed by atoms with Crippen LogP contribution >= 0.6 is 15.9 Å². The van der Waals surface area contributed by atoms with E-state index in [1.807, 2.05) is 4.90 Å². The average molecular weight is 565 g/mol. The third kappa shape index (κ3) is 5.44. The molecule has 1 saturated heterocycles. The summed E-state index contributed by atoms with van der Waals surface area (Å²) in [7, 11) is 0. The predicted octanol–water partition coefficient (Wildman–Crippen LogP) is 3.79. The summed E-state index contributed by atoms with van der Waals surface area (Å²) in [6.45, 7) is 2.25. The number of fused-ring (bicyclic) bond motifs is 1. The zero-order chi connectivity index (χ0) is 25.1. The van der Waals surface area contributed by atoms with E-state index in [1.54, 1.807) is 30.3 Å². The lowest BCUT2D eigenvalue weighted by atomic mass is 9.93. The van der Waals surface area contributed by atoms with Gasteiger partial charge in [0.15, 0.2) is 5.82 Å². The zero-order valence-electron chi connectivity index (χ0n) is 19.6. The molecule has 3 aromatic rings. The SMILES string of the molecule is O=C(CBr)N[C@H]1CC[C@H](Oc2cc(-n3c(C(F)F)nc4ccccc43)nc(N3CCOCC3)n2)CC1. The molecule has 0 radical (unpaired) electrons. The van der Waals surface area contributed by atoms with Gasteiger partial charge in [-0.15, -0.1) is 0 Å². The smallest absolute Gasteiger partial charge is 0.296 e. The normalized spacial score (nSPS) is 20.6. The molecule has 0 spiro atoms. The second-order valence-electron chi connectivity index (χ2n) is 8.85. The number of alkyl halides is 3. The highest BCUT2D eigenvalue weighted by atomic mass is 79.9. The summed E-state index contributed by atoms with van der Waals surface area (Å²) in [6.07, 6.45) is 0.189. The maximum atomic E-state index is 14.0. The first-order chi connectivity index (χ1) is 17.5. The molecule has 1 aliphatic heterocycles. The van der Waals surface area contributed by atoms with Crippen molar-refractivity contribution in [2.24, 2.45) is 0 Å². The number of nitrogens with one attached hydrogen (secondary N) is 1. The molecule has 192 valence electrons. The number of para-hydroxylation sites is 2. The number of hydrogen-bond acceptors (Lipinski definition) is 7. The van der Waals surface area contributed by atoms with Crippen LogP contribution in [0.5, 0.6) is 5.88 Å². The van der Waals surface area contributed by atoms with E-state index in [0.29, 0.717) is 49.2 Å². The van der Waals surface area contributed by atoms with E-state index in [2.05, 4.69) is 36.2 Å². The molecule has 5 rings (SSSR count). The molecule has 1 amide bonds. The molecule has 1 saturated carbocycles. The summed E-state index contributed by atoms with van der Waals surface area (Å²) < 4.78 is 41.1. The van der Waals surface area contributed by atoms with Gasteiger partial charge in [0.1, 0.15) is 11.9 Å². The van der Waals surface area contributed by atoms with E-state index in [1.165, 1.54) is 4.57 Å². The maximum Gasteiger partial charge on any atom is 0.296 e. The standard InChI is InChI=1S/C24H27BrF2N6O3/c25-14-20(34)28-15-5-7-16(8-6-15)36-21-13-19(30-24(31-21)32-9-11-35-12-10-32)33-18-4-2-1-3-17(18)29-23(33)22(26)27/h1-4,13,15-16,22H,5-12,14H2,(H,28,34)/t15-,16-. The molecule has 2 aliphatic rings. The number of imidazole rings is 1. The van der Waals surface area contributed by atoms with E-state index in [-0.39, 0.29) is 35.0 Å². The molecule has 1 aliphatic carbocycles. The molecular formula is C24H27BrF2N6O3. The van der Waals surface area contributed by atoms with Gasteiger partial charge < -0.3 is 19.7 Å². The predicted molar refractivity (Wildman–Crippen MR) is 133 cm³/mol. The summed E-state index contributed by atoms with van der Waals surface area (Å²) in [4.78, 5) is 27.1. The van der Waals surface area contributed by atoms with E-state index in [9.17, 15) is 13.6 Å². The van der Waals surface area contributed by atoms with Crippen molar-refractivity contribution in [1.82, 2.24) is 24.8 Å². The average Bonchev–Trinajstić information content (AvgIpc) is 3.30. The number of carbonyl (C=O) groups is 1. The fourth-order valence-corrected chi connectivity index (χ4v) is 4.84. The summed E-state index contributed by atoms with van der Waals surface area (Å²) in [5, 5.41) is 3.28. The van der Waals surface area contributed by atoms with Crippen molar-refractivity contribution >= 4 is 38.8 Å². The number of carbonyl (C=O) groups excluding carboxylic acids is 1. The second-order valence-corrected chi connectivity index (χ2v) is 9.41. The van der Waals surface area contributed by atoms with Crippen molar-refractivity contribution in [1.29, 1.82) is 0 Å². The first-order valence-electron chi connectivity index (χ1n) is 12.0. The molecule has 2 aromatic heterocycles. The van der Waals surface area contributed by atoms with Crippen LogP contribution < -0.4 is 15.0 Å². The van der Waals surface area contributed by atoms with Crippen LogP contribution in [0.4, 0.5) is 14.7 Å². The van der Waals surface area contributed by atoms with Crippen molar-refractivity contribution in [3.63, 3.8) is 0 Å². The van der Waals surface area contributed by atoms with Crippen molar-refractivity contribution in [3.05, 3.63) is 36.2 Å². The topological polar surface area (TPSA) is 94.4 Å². The van der Waals surface area contributed by atoms with E-state index in [0.717, 1.165) is 25.7 Å². The summed E-state index contributed by atoms with van der Waals surface area (Å²) in [5.41, 5.74) is 0.999. The van der Waals surface area contributed by atoms with Crippen molar-refractivity contribution < 1.29 is 23.0 Å². The van der Waals surface area contributed by atoms with Gasteiger partial charge in [0.05, 0.1) is 29.6 Å². The molecule has 12 heteroatoms. The third-order valence-electron chi connectivity index (χ3n) is 6.43. The Hall–Kier alpha value is -2.86. The Balaban J connectivity index is 1.46. The fourth-order valence-electron chi connectivity index (χ4n) is 4.67. The number of nitrogens with zero attached hydrogens (tertiary/aromatic N) is 5. The van der Waals surface area contributed by atoms with Crippen LogP contribution in [0.2, 0.25) is 0 Å². The fraction of sp³-hybridized carbons (Fsp3) is 0.500. The maximum absolute atomic E-state index is 14.0. The largest absolute Gasteiger partial charge is 0.474 e. The van der Waals surface area contributed by atoms with E-state index < -0.39 is 6.43 Å². The highest BCUT2D eigenvalue weighted by Gasteiger charge is 2.27. The van der Waals surface area contributed by atoms with Gasteiger partial charge in [-0.3, -0.25) is 9.36 Å².